The third-order valence-electron chi connectivity index (χ3n) is 3.37. The summed E-state index contributed by atoms with van der Waals surface area (Å²) in [6.07, 6.45) is 2.11. The number of amidine groups is 1. The van der Waals surface area contributed by atoms with Crippen LogP contribution in [0, 0.1) is 17.7 Å². The summed E-state index contributed by atoms with van der Waals surface area (Å²) in [5.41, 5.74) is 5.72. The quantitative estimate of drug-likeness (QED) is 0.336. The maximum Gasteiger partial charge on any atom is 0.227 e. The van der Waals surface area contributed by atoms with Gasteiger partial charge in [-0.05, 0) is 37.0 Å². The fourth-order valence-electron chi connectivity index (χ4n) is 1.89. The van der Waals surface area contributed by atoms with Crippen LogP contribution in [0.25, 0.3) is 0 Å². The molecule has 1 saturated carbocycles. The van der Waals surface area contributed by atoms with Crippen LogP contribution in [0.2, 0.25) is 0 Å². The van der Waals surface area contributed by atoms with Crippen molar-refractivity contribution in [1.29, 1.82) is 0 Å². The maximum atomic E-state index is 13.8. The molecule has 1 fully saturated rings. The van der Waals surface area contributed by atoms with Gasteiger partial charge in [0.1, 0.15) is 5.82 Å². The minimum absolute atomic E-state index is 0.104. The highest BCUT2D eigenvalue weighted by Gasteiger charge is 2.32. The standard InChI is InChI=1S/C13H16FN3O2/c1-7(8-2-3-8)13(18)16-11-5-4-9(6-10(11)14)12(15)17-19/h4-8,19H,2-3H2,1H3,(H2,15,17)(H,16,18). The van der Waals surface area contributed by atoms with Crippen LogP contribution in [0.1, 0.15) is 25.3 Å². The first-order chi connectivity index (χ1) is 9.02. The van der Waals surface area contributed by atoms with Gasteiger partial charge in [-0.15, -0.1) is 0 Å². The van der Waals surface area contributed by atoms with Gasteiger partial charge >= 0.3 is 0 Å². The molecule has 5 nitrogen and oxygen atoms in total. The number of hydrogen-bond acceptors (Lipinski definition) is 3. The minimum atomic E-state index is -0.611. The zero-order valence-corrected chi connectivity index (χ0v) is 10.6. The number of nitrogens with zero attached hydrogens (tertiary/aromatic N) is 1. The number of hydrogen-bond donors (Lipinski definition) is 3. The molecule has 0 bridgehead atoms. The van der Waals surface area contributed by atoms with Crippen molar-refractivity contribution in [3.8, 4) is 0 Å². The topological polar surface area (TPSA) is 87.7 Å². The van der Waals surface area contributed by atoms with Gasteiger partial charge in [-0.2, -0.15) is 0 Å². The van der Waals surface area contributed by atoms with Gasteiger partial charge in [-0.3, -0.25) is 4.79 Å². The second kappa shape index (κ2) is 5.26. The molecule has 0 aromatic heterocycles. The van der Waals surface area contributed by atoms with Crippen LogP contribution in [0.4, 0.5) is 10.1 Å². The number of halogens is 1. The molecule has 1 aromatic carbocycles. The Bertz CT molecular complexity index is 527. The summed E-state index contributed by atoms with van der Waals surface area (Å²) in [6, 6.07) is 4.00. The zero-order chi connectivity index (χ0) is 14.0. The van der Waals surface area contributed by atoms with E-state index < -0.39 is 5.82 Å². The smallest absolute Gasteiger partial charge is 0.227 e. The lowest BCUT2D eigenvalue weighted by atomic mass is 10.1. The molecule has 2 rings (SSSR count). The van der Waals surface area contributed by atoms with Crippen molar-refractivity contribution < 1.29 is 14.4 Å². The SMILES string of the molecule is CC(C(=O)Nc1ccc(/C(N)=N/O)cc1F)C1CC1. The third-order valence-corrected chi connectivity index (χ3v) is 3.37. The van der Waals surface area contributed by atoms with Gasteiger partial charge in [0, 0.05) is 11.5 Å². The number of oxime groups is 1. The van der Waals surface area contributed by atoms with Crippen molar-refractivity contribution in [2.45, 2.75) is 19.8 Å². The first kappa shape index (κ1) is 13.3. The van der Waals surface area contributed by atoms with Crippen molar-refractivity contribution >= 4 is 17.4 Å². The molecule has 1 aliphatic carbocycles. The summed E-state index contributed by atoms with van der Waals surface area (Å²) in [5.74, 6) is -0.663. The molecule has 6 heteroatoms. The Morgan fingerprint density at radius 2 is 2.26 bits per heavy atom. The van der Waals surface area contributed by atoms with Crippen LogP contribution >= 0.6 is 0 Å². The van der Waals surface area contributed by atoms with E-state index >= 15 is 0 Å². The summed E-state index contributed by atoms with van der Waals surface area (Å²) >= 11 is 0. The third kappa shape index (κ3) is 3.01. The molecule has 19 heavy (non-hydrogen) atoms. The Kier molecular flexibility index (Phi) is 3.69. The normalized spacial score (nSPS) is 17.1. The van der Waals surface area contributed by atoms with Crippen LogP contribution < -0.4 is 11.1 Å². The molecule has 102 valence electrons. The lowest BCUT2D eigenvalue weighted by Crippen LogP contribution is -2.22. The minimum Gasteiger partial charge on any atom is -0.409 e. The van der Waals surface area contributed by atoms with Gasteiger partial charge in [-0.25, -0.2) is 4.39 Å². The van der Waals surface area contributed by atoms with Gasteiger partial charge in [0.2, 0.25) is 5.91 Å². The predicted octanol–water partition coefficient (Wildman–Crippen LogP) is 1.90. The molecular weight excluding hydrogens is 249 g/mol. The van der Waals surface area contributed by atoms with E-state index in [2.05, 4.69) is 10.5 Å². The lowest BCUT2D eigenvalue weighted by molar-refractivity contribution is -0.119. The van der Waals surface area contributed by atoms with E-state index in [0.29, 0.717) is 5.92 Å². The van der Waals surface area contributed by atoms with Crippen molar-refractivity contribution in [2.75, 3.05) is 5.32 Å². The van der Waals surface area contributed by atoms with E-state index in [9.17, 15) is 9.18 Å². The fourth-order valence-corrected chi connectivity index (χ4v) is 1.89. The van der Waals surface area contributed by atoms with Crippen LogP contribution in [0.5, 0.6) is 0 Å². The number of carbonyl (C=O) groups excluding carboxylic acids is 1. The number of amides is 1. The highest BCUT2D eigenvalue weighted by atomic mass is 19.1. The molecule has 1 atom stereocenters. The number of nitrogens with two attached hydrogens (primary N) is 1. The van der Waals surface area contributed by atoms with E-state index in [0.717, 1.165) is 18.9 Å². The van der Waals surface area contributed by atoms with Gasteiger partial charge in [-0.1, -0.05) is 12.1 Å². The van der Waals surface area contributed by atoms with Crippen molar-refractivity contribution in [3.63, 3.8) is 0 Å². The predicted molar refractivity (Wildman–Crippen MR) is 69.4 cm³/mol. The highest BCUT2D eigenvalue weighted by Crippen LogP contribution is 2.37. The first-order valence-corrected chi connectivity index (χ1v) is 6.11. The molecule has 1 aliphatic rings. The van der Waals surface area contributed by atoms with E-state index in [1.807, 2.05) is 6.92 Å². The van der Waals surface area contributed by atoms with E-state index in [4.69, 9.17) is 10.9 Å². The molecule has 0 aliphatic heterocycles. The van der Waals surface area contributed by atoms with Gasteiger partial charge in [0.05, 0.1) is 5.69 Å². The lowest BCUT2D eigenvalue weighted by Gasteiger charge is -2.12. The summed E-state index contributed by atoms with van der Waals surface area (Å²) in [6.45, 7) is 1.84. The van der Waals surface area contributed by atoms with Crippen LogP contribution in [0.15, 0.2) is 23.4 Å². The average molecular weight is 265 g/mol. The molecule has 1 unspecified atom stereocenters. The molecule has 1 amide bonds. The zero-order valence-electron chi connectivity index (χ0n) is 10.6. The molecule has 0 heterocycles. The van der Waals surface area contributed by atoms with Crippen molar-refractivity contribution in [3.05, 3.63) is 29.6 Å². The summed E-state index contributed by atoms with van der Waals surface area (Å²) in [4.78, 5) is 11.9. The maximum absolute atomic E-state index is 13.8. The molecular formula is C13H16FN3O2. The Balaban J connectivity index is 2.10. The average Bonchev–Trinajstić information content (AvgIpc) is 3.23. The number of benzene rings is 1. The number of rotatable bonds is 4. The Hall–Kier alpha value is -2.11. The molecule has 0 spiro atoms. The number of carbonyl (C=O) groups is 1. The summed E-state index contributed by atoms with van der Waals surface area (Å²) < 4.78 is 13.8. The Labute approximate surface area is 110 Å². The van der Waals surface area contributed by atoms with Gasteiger partial charge in [0.25, 0.3) is 0 Å². The van der Waals surface area contributed by atoms with Crippen molar-refractivity contribution in [1.82, 2.24) is 0 Å². The van der Waals surface area contributed by atoms with E-state index in [-0.39, 0.29) is 28.9 Å². The second-order valence-electron chi connectivity index (χ2n) is 4.80. The number of anilines is 1. The van der Waals surface area contributed by atoms with Crippen molar-refractivity contribution in [2.24, 2.45) is 22.7 Å². The first-order valence-electron chi connectivity index (χ1n) is 6.11. The van der Waals surface area contributed by atoms with Gasteiger partial charge in [0.15, 0.2) is 5.84 Å². The highest BCUT2D eigenvalue weighted by molar-refractivity contribution is 5.98. The van der Waals surface area contributed by atoms with E-state index in [1.165, 1.54) is 12.1 Å². The Morgan fingerprint density at radius 1 is 1.58 bits per heavy atom. The van der Waals surface area contributed by atoms with Gasteiger partial charge < -0.3 is 16.3 Å². The monoisotopic (exact) mass is 265 g/mol. The largest absolute Gasteiger partial charge is 0.409 e. The Morgan fingerprint density at radius 3 is 2.79 bits per heavy atom. The fraction of sp³-hybridized carbons (Fsp3) is 0.385. The molecule has 0 saturated heterocycles. The van der Waals surface area contributed by atoms with Crippen LogP contribution in [0.3, 0.4) is 0 Å². The molecule has 0 radical (unpaired) electrons. The van der Waals surface area contributed by atoms with E-state index in [1.54, 1.807) is 0 Å². The molecule has 1 aromatic rings. The number of nitrogens with one attached hydrogen (secondary N) is 1. The summed E-state index contributed by atoms with van der Waals surface area (Å²) in [5, 5.41) is 13.9. The molecule has 4 N–H and O–H groups in total. The van der Waals surface area contributed by atoms with Crippen LogP contribution in [-0.4, -0.2) is 17.0 Å². The van der Waals surface area contributed by atoms with Crippen LogP contribution in [-0.2, 0) is 4.79 Å². The second-order valence-corrected chi connectivity index (χ2v) is 4.80. The summed E-state index contributed by atoms with van der Waals surface area (Å²) in [7, 11) is 0.